The molecule has 0 bridgehead atoms. The highest BCUT2D eigenvalue weighted by atomic mass is 32.1. The second kappa shape index (κ2) is 5.49. The Labute approximate surface area is 110 Å². The van der Waals surface area contributed by atoms with E-state index in [0.717, 1.165) is 25.9 Å². The molecule has 98 valence electrons. The molecular formula is C12H17N3O2S. The summed E-state index contributed by atoms with van der Waals surface area (Å²) in [6, 6.07) is 1.46. The first-order valence-electron chi connectivity index (χ1n) is 6.02. The van der Waals surface area contributed by atoms with E-state index < -0.39 is 5.91 Å². The Hall–Kier alpha value is -1.40. The first-order chi connectivity index (χ1) is 8.59. The SMILES string of the molecule is CC(C(=O)Nc1sccc1C(N)=O)N1CCCC1. The molecule has 6 heteroatoms. The minimum Gasteiger partial charge on any atom is -0.366 e. The molecule has 0 spiro atoms. The number of primary amides is 1. The topological polar surface area (TPSA) is 75.4 Å². The largest absolute Gasteiger partial charge is 0.366 e. The van der Waals surface area contributed by atoms with Gasteiger partial charge in [-0.25, -0.2) is 0 Å². The molecule has 0 radical (unpaired) electrons. The van der Waals surface area contributed by atoms with Gasteiger partial charge in [0.2, 0.25) is 5.91 Å². The van der Waals surface area contributed by atoms with Crippen molar-refractivity contribution in [2.45, 2.75) is 25.8 Å². The highest BCUT2D eigenvalue weighted by Crippen LogP contribution is 2.23. The summed E-state index contributed by atoms with van der Waals surface area (Å²) in [4.78, 5) is 25.4. The van der Waals surface area contributed by atoms with E-state index in [1.807, 2.05) is 6.92 Å². The molecule has 18 heavy (non-hydrogen) atoms. The van der Waals surface area contributed by atoms with E-state index >= 15 is 0 Å². The summed E-state index contributed by atoms with van der Waals surface area (Å²) in [7, 11) is 0. The van der Waals surface area contributed by atoms with Crippen LogP contribution in [0.4, 0.5) is 5.00 Å². The molecule has 2 rings (SSSR count). The van der Waals surface area contributed by atoms with Crippen molar-refractivity contribution >= 4 is 28.2 Å². The number of nitrogens with two attached hydrogens (primary N) is 1. The molecule has 0 aromatic carbocycles. The summed E-state index contributed by atoms with van der Waals surface area (Å²) in [5.41, 5.74) is 5.62. The molecule has 1 aromatic heterocycles. The maximum Gasteiger partial charge on any atom is 0.251 e. The van der Waals surface area contributed by atoms with Gasteiger partial charge in [-0.15, -0.1) is 11.3 Å². The molecule has 5 nitrogen and oxygen atoms in total. The Morgan fingerprint density at radius 1 is 1.44 bits per heavy atom. The van der Waals surface area contributed by atoms with Gasteiger partial charge in [0.25, 0.3) is 5.91 Å². The van der Waals surface area contributed by atoms with Crippen LogP contribution in [0.3, 0.4) is 0 Å². The maximum atomic E-state index is 12.1. The summed E-state index contributed by atoms with van der Waals surface area (Å²) >= 11 is 1.31. The van der Waals surface area contributed by atoms with Crippen LogP contribution in [0.25, 0.3) is 0 Å². The monoisotopic (exact) mass is 267 g/mol. The lowest BCUT2D eigenvalue weighted by atomic mass is 10.2. The zero-order valence-electron chi connectivity index (χ0n) is 10.3. The molecule has 1 aliphatic rings. The smallest absolute Gasteiger partial charge is 0.251 e. The van der Waals surface area contributed by atoms with E-state index in [2.05, 4.69) is 10.2 Å². The summed E-state index contributed by atoms with van der Waals surface area (Å²) in [5, 5.41) is 5.07. The molecule has 1 aromatic rings. The highest BCUT2D eigenvalue weighted by molar-refractivity contribution is 7.14. The van der Waals surface area contributed by atoms with Gasteiger partial charge in [-0.1, -0.05) is 0 Å². The predicted octanol–water partition coefficient (Wildman–Crippen LogP) is 1.27. The van der Waals surface area contributed by atoms with Crippen molar-refractivity contribution < 1.29 is 9.59 Å². The van der Waals surface area contributed by atoms with Gasteiger partial charge in [-0.05, 0) is 44.3 Å². The van der Waals surface area contributed by atoms with Gasteiger partial charge >= 0.3 is 0 Å². The van der Waals surface area contributed by atoms with Gasteiger partial charge in [0.05, 0.1) is 11.6 Å². The Morgan fingerprint density at radius 2 is 2.11 bits per heavy atom. The van der Waals surface area contributed by atoms with Gasteiger partial charge in [-0.3, -0.25) is 14.5 Å². The average molecular weight is 267 g/mol. The predicted molar refractivity (Wildman–Crippen MR) is 71.7 cm³/mol. The van der Waals surface area contributed by atoms with Crippen LogP contribution < -0.4 is 11.1 Å². The van der Waals surface area contributed by atoms with E-state index in [4.69, 9.17) is 5.73 Å². The second-order valence-electron chi connectivity index (χ2n) is 4.44. The normalized spacial score (nSPS) is 17.6. The zero-order chi connectivity index (χ0) is 13.1. The van der Waals surface area contributed by atoms with E-state index in [1.165, 1.54) is 11.3 Å². The molecule has 1 aliphatic heterocycles. The molecule has 1 saturated heterocycles. The van der Waals surface area contributed by atoms with Crippen LogP contribution in [-0.4, -0.2) is 35.8 Å². The average Bonchev–Trinajstić information content (AvgIpc) is 2.98. The highest BCUT2D eigenvalue weighted by Gasteiger charge is 2.25. The Morgan fingerprint density at radius 3 is 2.72 bits per heavy atom. The molecule has 0 aliphatic carbocycles. The Kier molecular flexibility index (Phi) is 3.98. The molecule has 0 saturated carbocycles. The van der Waals surface area contributed by atoms with E-state index in [9.17, 15) is 9.59 Å². The number of anilines is 1. The number of thiophene rings is 1. The number of rotatable bonds is 4. The number of amides is 2. The lowest BCUT2D eigenvalue weighted by molar-refractivity contribution is -0.120. The summed E-state index contributed by atoms with van der Waals surface area (Å²) in [6.07, 6.45) is 2.28. The first kappa shape index (κ1) is 13.0. The van der Waals surface area contributed by atoms with Gasteiger partial charge in [0, 0.05) is 0 Å². The standard InChI is InChI=1S/C12H17N3O2S/c1-8(15-5-2-3-6-15)11(17)14-12-9(10(13)16)4-7-18-12/h4,7-8H,2-3,5-6H2,1H3,(H2,13,16)(H,14,17). The minimum absolute atomic E-state index is 0.0816. The fraction of sp³-hybridized carbons (Fsp3) is 0.500. The van der Waals surface area contributed by atoms with E-state index in [-0.39, 0.29) is 11.9 Å². The van der Waals surface area contributed by atoms with Crippen molar-refractivity contribution in [1.82, 2.24) is 4.90 Å². The fourth-order valence-electron chi connectivity index (χ4n) is 2.11. The van der Waals surface area contributed by atoms with Crippen molar-refractivity contribution in [3.05, 3.63) is 17.0 Å². The number of carbonyl (C=O) groups excluding carboxylic acids is 2. The van der Waals surface area contributed by atoms with Crippen LogP contribution in [0, 0.1) is 0 Å². The summed E-state index contributed by atoms with van der Waals surface area (Å²) < 4.78 is 0. The third-order valence-corrected chi connectivity index (χ3v) is 4.07. The van der Waals surface area contributed by atoms with Crippen molar-refractivity contribution in [3.63, 3.8) is 0 Å². The van der Waals surface area contributed by atoms with Crippen LogP contribution >= 0.6 is 11.3 Å². The molecular weight excluding hydrogens is 250 g/mol. The number of nitrogens with one attached hydrogen (secondary N) is 1. The lowest BCUT2D eigenvalue weighted by Gasteiger charge is -2.22. The minimum atomic E-state index is -0.514. The van der Waals surface area contributed by atoms with Gasteiger partial charge in [-0.2, -0.15) is 0 Å². The van der Waals surface area contributed by atoms with Crippen molar-refractivity contribution in [3.8, 4) is 0 Å². The number of carbonyl (C=O) groups is 2. The first-order valence-corrected chi connectivity index (χ1v) is 6.90. The number of nitrogens with zero attached hydrogens (tertiary/aromatic N) is 1. The molecule has 3 N–H and O–H groups in total. The van der Waals surface area contributed by atoms with Crippen molar-refractivity contribution in [2.24, 2.45) is 5.73 Å². The lowest BCUT2D eigenvalue weighted by Crippen LogP contribution is -2.40. The van der Waals surface area contributed by atoms with Gasteiger partial charge in [0.15, 0.2) is 0 Å². The number of hydrogen-bond donors (Lipinski definition) is 2. The van der Waals surface area contributed by atoms with E-state index in [0.29, 0.717) is 10.6 Å². The molecule has 1 atom stereocenters. The van der Waals surface area contributed by atoms with Crippen LogP contribution in [0.5, 0.6) is 0 Å². The van der Waals surface area contributed by atoms with Crippen LogP contribution in [-0.2, 0) is 4.79 Å². The zero-order valence-corrected chi connectivity index (χ0v) is 11.1. The fourth-order valence-corrected chi connectivity index (χ4v) is 2.91. The molecule has 2 amide bonds. The quantitative estimate of drug-likeness (QED) is 0.862. The third kappa shape index (κ3) is 2.70. The number of likely N-dealkylation sites (tertiary alicyclic amines) is 1. The van der Waals surface area contributed by atoms with Gasteiger partial charge < -0.3 is 11.1 Å². The maximum absolute atomic E-state index is 12.1. The second-order valence-corrected chi connectivity index (χ2v) is 5.35. The van der Waals surface area contributed by atoms with Crippen molar-refractivity contribution in [2.75, 3.05) is 18.4 Å². The molecule has 1 unspecified atom stereocenters. The van der Waals surface area contributed by atoms with Crippen LogP contribution in [0.1, 0.15) is 30.1 Å². The summed E-state index contributed by atoms with van der Waals surface area (Å²) in [6.45, 7) is 3.81. The van der Waals surface area contributed by atoms with Crippen LogP contribution in [0.15, 0.2) is 11.4 Å². The van der Waals surface area contributed by atoms with Gasteiger partial charge in [0.1, 0.15) is 5.00 Å². The molecule has 1 fully saturated rings. The molecule has 2 heterocycles. The van der Waals surface area contributed by atoms with Crippen molar-refractivity contribution in [1.29, 1.82) is 0 Å². The van der Waals surface area contributed by atoms with E-state index in [1.54, 1.807) is 11.4 Å². The third-order valence-electron chi connectivity index (χ3n) is 3.24. The Bertz CT molecular complexity index is 452. The summed E-state index contributed by atoms with van der Waals surface area (Å²) in [5.74, 6) is -0.595. The van der Waals surface area contributed by atoms with Crippen LogP contribution in [0.2, 0.25) is 0 Å². The Balaban J connectivity index is 2.02. The number of hydrogen-bond acceptors (Lipinski definition) is 4.